The number of hydrogen-bond donors (Lipinski definition) is 5. The van der Waals surface area contributed by atoms with Crippen LogP contribution in [0.2, 0.25) is 0 Å². The molecule has 5 N–H and O–H groups in total. The molecule has 3 aliphatic heterocycles. The van der Waals surface area contributed by atoms with Gasteiger partial charge in [0, 0.05) is 25.6 Å². The third-order valence-corrected chi connectivity index (χ3v) is 7.08. The second-order valence-corrected chi connectivity index (χ2v) is 9.63. The summed E-state index contributed by atoms with van der Waals surface area (Å²) >= 11 is 1.26. The van der Waals surface area contributed by atoms with E-state index in [1.165, 1.54) is 11.8 Å². The minimum atomic E-state index is -1.33. The number of carbonyl (C=O) groups excluding carboxylic acids is 1. The molecular weight excluding hydrogens is 398 g/mol. The minimum absolute atomic E-state index is 0.0538. The Morgan fingerprint density at radius 3 is 2.62 bits per heavy atom. The van der Waals surface area contributed by atoms with Crippen molar-refractivity contribution in [2.75, 3.05) is 39.5 Å². The van der Waals surface area contributed by atoms with E-state index in [0.29, 0.717) is 13.2 Å². The lowest BCUT2D eigenvalue weighted by Gasteiger charge is -2.44. The molecule has 0 aromatic carbocycles. The first-order chi connectivity index (χ1) is 13.7. The fourth-order valence-corrected chi connectivity index (χ4v) is 5.19. The van der Waals surface area contributed by atoms with Gasteiger partial charge in [-0.3, -0.25) is 4.79 Å². The highest BCUT2D eigenvalue weighted by Crippen LogP contribution is 2.31. The summed E-state index contributed by atoms with van der Waals surface area (Å²) < 4.78 is 11.9. The fourth-order valence-electron chi connectivity index (χ4n) is 4.51. The molecular formula is C19H35N3O6S. The van der Waals surface area contributed by atoms with E-state index in [2.05, 4.69) is 22.6 Å². The zero-order valence-corrected chi connectivity index (χ0v) is 18.3. The van der Waals surface area contributed by atoms with Gasteiger partial charge in [-0.1, -0.05) is 13.8 Å². The predicted molar refractivity (Wildman–Crippen MR) is 109 cm³/mol. The molecule has 0 radical (unpaired) electrons. The second-order valence-electron chi connectivity index (χ2n) is 8.70. The highest BCUT2D eigenvalue weighted by Gasteiger charge is 2.49. The number of carbonyl (C=O) groups is 1. The monoisotopic (exact) mass is 433 g/mol. The van der Waals surface area contributed by atoms with Gasteiger partial charge in [0.05, 0.1) is 18.8 Å². The van der Waals surface area contributed by atoms with Crippen LogP contribution < -0.4 is 10.6 Å². The number of thioether (sulfide) groups is 1. The Balaban J connectivity index is 1.71. The molecule has 3 unspecified atom stereocenters. The lowest BCUT2D eigenvalue weighted by atomic mass is 9.88. The smallest absolute Gasteiger partial charge is 0.240 e. The highest BCUT2D eigenvalue weighted by molar-refractivity contribution is 7.99. The minimum Gasteiger partial charge on any atom is -0.388 e. The molecule has 10 heteroatoms. The van der Waals surface area contributed by atoms with Crippen LogP contribution in [0.4, 0.5) is 0 Å². The van der Waals surface area contributed by atoms with Gasteiger partial charge in [-0.15, -0.1) is 11.8 Å². The van der Waals surface area contributed by atoms with Crippen molar-refractivity contribution in [3.05, 3.63) is 0 Å². The van der Waals surface area contributed by atoms with Crippen LogP contribution in [0.5, 0.6) is 0 Å². The van der Waals surface area contributed by atoms with E-state index in [-0.39, 0.29) is 23.8 Å². The Bertz CT molecular complexity index is 568. The van der Waals surface area contributed by atoms with Crippen LogP contribution in [0, 0.1) is 11.8 Å². The van der Waals surface area contributed by atoms with Gasteiger partial charge in [0.25, 0.3) is 0 Å². The van der Waals surface area contributed by atoms with Crippen molar-refractivity contribution in [1.82, 2.24) is 15.5 Å². The lowest BCUT2D eigenvalue weighted by molar-refractivity contribution is -0.208. The number of nitrogens with one attached hydrogen (secondary N) is 2. The molecule has 3 rings (SSSR count). The molecule has 9 atom stereocenters. The van der Waals surface area contributed by atoms with Crippen LogP contribution >= 0.6 is 11.8 Å². The van der Waals surface area contributed by atoms with Crippen LogP contribution in [-0.4, -0.2) is 114 Å². The maximum absolute atomic E-state index is 13.1. The van der Waals surface area contributed by atoms with Crippen molar-refractivity contribution in [2.45, 2.75) is 61.9 Å². The summed E-state index contributed by atoms with van der Waals surface area (Å²) in [6, 6.07) is -0.996. The molecule has 0 saturated carbocycles. The average Bonchev–Trinajstić information content (AvgIpc) is 2.97. The molecule has 168 valence electrons. The third-order valence-electron chi connectivity index (χ3n) is 6.23. The number of ether oxygens (including phenoxy) is 2. The normalized spacial score (nSPS) is 42.3. The van der Waals surface area contributed by atoms with Crippen LogP contribution in [0.3, 0.4) is 0 Å². The van der Waals surface area contributed by atoms with Gasteiger partial charge in [-0.25, -0.2) is 0 Å². The topological polar surface area (TPSA) is 124 Å². The van der Waals surface area contributed by atoms with Gasteiger partial charge in [0.1, 0.15) is 35.9 Å². The lowest BCUT2D eigenvalue weighted by Crippen LogP contribution is -2.65. The van der Waals surface area contributed by atoms with Gasteiger partial charge in [0.15, 0.2) is 0 Å². The van der Waals surface area contributed by atoms with Crippen LogP contribution in [-0.2, 0) is 14.3 Å². The quantitative estimate of drug-likeness (QED) is 0.342. The van der Waals surface area contributed by atoms with Gasteiger partial charge in [0.2, 0.25) is 5.91 Å². The van der Waals surface area contributed by atoms with Crippen molar-refractivity contribution in [3.63, 3.8) is 0 Å². The Hall–Kier alpha value is -0.460. The van der Waals surface area contributed by atoms with Crippen molar-refractivity contribution < 1.29 is 29.6 Å². The summed E-state index contributed by atoms with van der Waals surface area (Å²) in [7, 11) is 2.05. The van der Waals surface area contributed by atoms with E-state index in [1.807, 2.05) is 13.8 Å². The molecule has 3 fully saturated rings. The van der Waals surface area contributed by atoms with Crippen LogP contribution in [0.15, 0.2) is 0 Å². The Kier molecular flexibility index (Phi) is 7.83. The van der Waals surface area contributed by atoms with Gasteiger partial charge >= 0.3 is 0 Å². The summed E-state index contributed by atoms with van der Waals surface area (Å²) in [6.45, 7) is 6.86. The number of nitrogens with zero attached hydrogens (tertiary/aromatic N) is 1. The summed E-state index contributed by atoms with van der Waals surface area (Å²) in [5.41, 5.74) is -0.675. The fraction of sp³-hybridized carbons (Fsp3) is 0.947. The Morgan fingerprint density at radius 2 is 1.97 bits per heavy atom. The van der Waals surface area contributed by atoms with E-state index in [1.54, 1.807) is 6.26 Å². The molecule has 3 saturated heterocycles. The van der Waals surface area contributed by atoms with E-state index in [9.17, 15) is 20.1 Å². The molecule has 9 nitrogen and oxygen atoms in total. The van der Waals surface area contributed by atoms with E-state index in [4.69, 9.17) is 9.47 Å². The molecule has 0 spiro atoms. The van der Waals surface area contributed by atoms with E-state index < -0.39 is 41.9 Å². The Morgan fingerprint density at radius 1 is 1.24 bits per heavy atom. The molecule has 0 aliphatic carbocycles. The van der Waals surface area contributed by atoms with Crippen molar-refractivity contribution in [3.8, 4) is 0 Å². The summed E-state index contributed by atoms with van der Waals surface area (Å²) in [5, 5.41) is 37.2. The number of amides is 1. The van der Waals surface area contributed by atoms with Crippen molar-refractivity contribution >= 4 is 17.7 Å². The molecule has 0 aromatic rings. The second kappa shape index (κ2) is 9.78. The molecule has 3 aliphatic rings. The predicted octanol–water partition coefficient (Wildman–Crippen LogP) is -1.78. The zero-order valence-electron chi connectivity index (χ0n) is 17.5. The third kappa shape index (κ3) is 4.90. The van der Waals surface area contributed by atoms with E-state index >= 15 is 0 Å². The largest absolute Gasteiger partial charge is 0.388 e. The summed E-state index contributed by atoms with van der Waals surface area (Å²) in [6.07, 6.45) is -3.08. The number of aliphatic hydroxyl groups is 3. The van der Waals surface area contributed by atoms with Crippen LogP contribution in [0.1, 0.15) is 13.8 Å². The number of likely N-dealkylation sites (N-methyl/N-ethyl adjacent to an activating group) is 1. The van der Waals surface area contributed by atoms with E-state index in [0.717, 1.165) is 13.1 Å². The standard InChI is InChI=1S/C19H35N3O6S/c1-9(2)11(17-14(24)13(23)15(25)19(28-17)29-4)21-18(26)12-16-10(7-20-12)8-22(3)5-6-27-16/h9-17,19-20,23-25H,5-8H2,1-4H3,(H,21,26)/t10-,11-,12+,13?,14?,15-,16-,17-,19?/m1/s1. The maximum atomic E-state index is 13.1. The highest BCUT2D eigenvalue weighted by atomic mass is 32.2. The van der Waals surface area contributed by atoms with Gasteiger partial charge < -0.3 is 40.3 Å². The first kappa shape index (κ1) is 23.2. The molecule has 29 heavy (non-hydrogen) atoms. The molecule has 0 bridgehead atoms. The number of aliphatic hydroxyl groups excluding tert-OH is 3. The number of rotatable bonds is 5. The number of fused-ring (bicyclic) bond motifs is 1. The number of hydrogen-bond acceptors (Lipinski definition) is 9. The zero-order chi connectivity index (χ0) is 21.3. The molecule has 0 aromatic heterocycles. The molecule has 3 heterocycles. The SMILES string of the molecule is CSC1O[C@H]([C@H](NC(=O)[C@H]2NC[C@@H]3CN(C)CCO[C@H]32)C(C)C)C(O)C(O)[C@H]1O. The van der Waals surface area contributed by atoms with Gasteiger partial charge in [-0.05, 0) is 19.2 Å². The summed E-state index contributed by atoms with van der Waals surface area (Å²) in [4.78, 5) is 15.3. The van der Waals surface area contributed by atoms with Crippen LogP contribution in [0.25, 0.3) is 0 Å². The van der Waals surface area contributed by atoms with Crippen molar-refractivity contribution in [1.29, 1.82) is 0 Å². The molecule has 1 amide bonds. The first-order valence-corrected chi connectivity index (χ1v) is 11.6. The average molecular weight is 434 g/mol. The summed E-state index contributed by atoms with van der Waals surface area (Å²) in [5.74, 6) is -0.00934. The Labute approximate surface area is 176 Å². The van der Waals surface area contributed by atoms with Gasteiger partial charge in [-0.2, -0.15) is 0 Å². The van der Waals surface area contributed by atoms with Crippen molar-refractivity contribution in [2.24, 2.45) is 11.8 Å². The maximum Gasteiger partial charge on any atom is 0.240 e. The first-order valence-electron chi connectivity index (χ1n) is 10.3.